The van der Waals surface area contributed by atoms with Gasteiger partial charge >= 0.3 is 12.1 Å². The van der Waals surface area contributed by atoms with E-state index in [-0.39, 0.29) is 22.7 Å². The van der Waals surface area contributed by atoms with Crippen molar-refractivity contribution in [2.45, 2.75) is 72.1 Å². The number of nitrogens with zero attached hydrogens (tertiary/aromatic N) is 1. The van der Waals surface area contributed by atoms with Crippen LogP contribution in [0.2, 0.25) is 0 Å². The number of ether oxygens (including phenoxy) is 1. The molecule has 1 saturated heterocycles. The number of nitrogens with one attached hydrogen (secondary N) is 1. The molecule has 2 amide bonds. The molecule has 0 aromatic heterocycles. The Bertz CT molecular complexity index is 919. The van der Waals surface area contributed by atoms with Gasteiger partial charge in [-0.05, 0) is 58.1 Å². The molecule has 1 aromatic carbocycles. The smallest absolute Gasteiger partial charge is 0.410 e. The molecule has 9 heteroatoms. The highest BCUT2D eigenvalue weighted by Crippen LogP contribution is 2.26. The number of carbonyl (C=O) groups excluding carboxylic acids is 3. The van der Waals surface area contributed by atoms with Gasteiger partial charge in [0.15, 0.2) is 5.78 Å². The Kier molecular flexibility index (Phi) is 7.54. The first kappa shape index (κ1) is 25.2. The molecular formula is C23H33N3O6. The number of hydrogen-bond donors (Lipinski definition) is 3. The van der Waals surface area contributed by atoms with E-state index in [1.165, 1.54) is 17.0 Å². The van der Waals surface area contributed by atoms with Crippen LogP contribution >= 0.6 is 0 Å². The van der Waals surface area contributed by atoms with Gasteiger partial charge in [-0.25, -0.2) is 9.59 Å². The highest BCUT2D eigenvalue weighted by Gasteiger charge is 2.39. The Morgan fingerprint density at radius 2 is 1.81 bits per heavy atom. The first-order chi connectivity index (χ1) is 14.7. The number of carboxylic acids is 1. The van der Waals surface area contributed by atoms with Crippen LogP contribution in [-0.2, 0) is 9.53 Å². The SMILES string of the molecule is Cc1ccc(N)c(C(=O)[C@@H](NC(=O)[C@@H]2CCCN2C(=O)OC(C)(C)C)C(C)C)c1C(=O)O. The van der Waals surface area contributed by atoms with Crippen LogP contribution in [0.1, 0.15) is 73.7 Å². The van der Waals surface area contributed by atoms with E-state index in [1.807, 2.05) is 0 Å². The number of aryl methyl sites for hydroxylation is 1. The summed E-state index contributed by atoms with van der Waals surface area (Å²) in [6.07, 6.45) is 0.488. The summed E-state index contributed by atoms with van der Waals surface area (Å²) in [6, 6.07) is 1.24. The second-order valence-corrected chi connectivity index (χ2v) is 9.45. The zero-order valence-electron chi connectivity index (χ0n) is 19.5. The molecule has 0 spiro atoms. The number of aromatic carboxylic acids is 1. The molecule has 0 unspecified atom stereocenters. The average Bonchev–Trinajstić information content (AvgIpc) is 3.15. The summed E-state index contributed by atoms with van der Waals surface area (Å²) in [4.78, 5) is 52.2. The minimum absolute atomic E-state index is 0.0362. The molecular weight excluding hydrogens is 414 g/mol. The van der Waals surface area contributed by atoms with Gasteiger partial charge in [0.25, 0.3) is 0 Å². The zero-order valence-corrected chi connectivity index (χ0v) is 19.5. The van der Waals surface area contributed by atoms with Crippen molar-refractivity contribution in [3.63, 3.8) is 0 Å². The third kappa shape index (κ3) is 5.57. The molecule has 0 bridgehead atoms. The number of nitrogens with two attached hydrogens (primary N) is 1. The predicted octanol–water partition coefficient (Wildman–Crippen LogP) is 3.00. The maximum absolute atomic E-state index is 13.4. The lowest BCUT2D eigenvalue weighted by Gasteiger charge is -2.30. The Balaban J connectivity index is 2.31. The van der Waals surface area contributed by atoms with Crippen molar-refractivity contribution in [1.82, 2.24) is 10.2 Å². The van der Waals surface area contributed by atoms with Gasteiger partial charge in [-0.3, -0.25) is 14.5 Å². The lowest BCUT2D eigenvalue weighted by molar-refractivity contribution is -0.126. The van der Waals surface area contributed by atoms with Crippen LogP contribution in [-0.4, -0.2) is 58.0 Å². The molecule has 2 rings (SSSR count). The minimum Gasteiger partial charge on any atom is -0.478 e. The standard InChI is InChI=1S/C23H33N3O6/c1-12(2)18(19(27)17-14(24)10-9-13(3)16(17)21(29)30)25-20(28)15-8-7-11-26(15)22(31)32-23(4,5)6/h9-10,12,15,18H,7-8,11,24H2,1-6H3,(H,25,28)(H,29,30)/t15-,18-/m0/s1. The van der Waals surface area contributed by atoms with E-state index in [1.54, 1.807) is 41.5 Å². The third-order valence-electron chi connectivity index (χ3n) is 5.34. The zero-order chi connectivity index (χ0) is 24.4. The molecule has 176 valence electrons. The van der Waals surface area contributed by atoms with Crippen LogP contribution in [0, 0.1) is 12.8 Å². The monoisotopic (exact) mass is 447 g/mol. The van der Waals surface area contributed by atoms with Crippen LogP contribution in [0.4, 0.5) is 10.5 Å². The molecule has 32 heavy (non-hydrogen) atoms. The number of nitrogen functional groups attached to an aromatic ring is 1. The molecule has 4 N–H and O–H groups in total. The molecule has 1 aliphatic rings. The van der Waals surface area contributed by atoms with Gasteiger partial charge in [-0.2, -0.15) is 0 Å². The van der Waals surface area contributed by atoms with Crippen LogP contribution < -0.4 is 11.1 Å². The summed E-state index contributed by atoms with van der Waals surface area (Å²) in [5.74, 6) is -2.67. The van der Waals surface area contributed by atoms with Gasteiger partial charge in [0.2, 0.25) is 5.91 Å². The number of Topliss-reactive ketones (excluding diaryl/α,β-unsaturated/α-hetero) is 1. The number of likely N-dealkylation sites (tertiary alicyclic amines) is 1. The topological polar surface area (TPSA) is 139 Å². The Morgan fingerprint density at radius 3 is 2.34 bits per heavy atom. The van der Waals surface area contributed by atoms with Crippen molar-refractivity contribution in [2.75, 3.05) is 12.3 Å². The highest BCUT2D eigenvalue weighted by molar-refractivity contribution is 6.13. The summed E-state index contributed by atoms with van der Waals surface area (Å²) in [6.45, 7) is 10.7. The fourth-order valence-corrected chi connectivity index (χ4v) is 3.78. The maximum atomic E-state index is 13.4. The van der Waals surface area contributed by atoms with Crippen molar-refractivity contribution in [3.05, 3.63) is 28.8 Å². The van der Waals surface area contributed by atoms with Crippen LogP contribution in [0.25, 0.3) is 0 Å². The number of rotatable bonds is 6. The van der Waals surface area contributed by atoms with Gasteiger partial charge in [-0.1, -0.05) is 19.9 Å². The third-order valence-corrected chi connectivity index (χ3v) is 5.34. The first-order valence-corrected chi connectivity index (χ1v) is 10.7. The molecule has 1 heterocycles. The van der Waals surface area contributed by atoms with Crippen molar-refractivity contribution < 1.29 is 29.0 Å². The van der Waals surface area contributed by atoms with Crippen molar-refractivity contribution in [3.8, 4) is 0 Å². The van der Waals surface area contributed by atoms with Crippen molar-refractivity contribution in [1.29, 1.82) is 0 Å². The highest BCUT2D eigenvalue weighted by atomic mass is 16.6. The first-order valence-electron chi connectivity index (χ1n) is 10.7. The second-order valence-electron chi connectivity index (χ2n) is 9.45. The number of carbonyl (C=O) groups is 4. The van der Waals surface area contributed by atoms with E-state index in [0.717, 1.165) is 0 Å². The summed E-state index contributed by atoms with van der Waals surface area (Å²) in [7, 11) is 0. The minimum atomic E-state index is -1.26. The number of amides is 2. The Labute approximate surface area is 188 Å². The van der Waals surface area contributed by atoms with Crippen LogP contribution in [0.3, 0.4) is 0 Å². The van der Waals surface area contributed by atoms with Crippen molar-refractivity contribution in [2.24, 2.45) is 5.92 Å². The largest absolute Gasteiger partial charge is 0.478 e. The van der Waals surface area contributed by atoms with Crippen LogP contribution in [0.5, 0.6) is 0 Å². The number of anilines is 1. The number of carboxylic acid groups (broad SMARTS) is 1. The number of ketones is 1. The molecule has 2 atom stereocenters. The van der Waals surface area contributed by atoms with E-state index in [9.17, 15) is 24.3 Å². The van der Waals surface area contributed by atoms with Gasteiger partial charge in [0, 0.05) is 12.2 Å². The summed E-state index contributed by atoms with van der Waals surface area (Å²) < 4.78 is 5.40. The van der Waals surface area contributed by atoms with E-state index in [4.69, 9.17) is 10.5 Å². The van der Waals surface area contributed by atoms with Gasteiger partial charge in [0.05, 0.1) is 17.2 Å². The van der Waals surface area contributed by atoms with Gasteiger partial charge in [-0.15, -0.1) is 0 Å². The van der Waals surface area contributed by atoms with Gasteiger partial charge < -0.3 is 20.9 Å². The predicted molar refractivity (Wildman–Crippen MR) is 120 cm³/mol. The normalized spacial score (nSPS) is 17.2. The van der Waals surface area contributed by atoms with E-state index in [0.29, 0.717) is 24.9 Å². The van der Waals surface area contributed by atoms with E-state index in [2.05, 4.69) is 5.32 Å². The maximum Gasteiger partial charge on any atom is 0.410 e. The number of benzene rings is 1. The summed E-state index contributed by atoms with van der Waals surface area (Å²) in [5, 5.41) is 12.4. The average molecular weight is 448 g/mol. The summed E-state index contributed by atoms with van der Waals surface area (Å²) >= 11 is 0. The fraction of sp³-hybridized carbons (Fsp3) is 0.565. The lowest BCUT2D eigenvalue weighted by atomic mass is 9.89. The molecule has 1 aromatic rings. The van der Waals surface area contributed by atoms with Crippen LogP contribution in [0.15, 0.2) is 12.1 Å². The summed E-state index contributed by atoms with van der Waals surface area (Å²) in [5.41, 5.74) is 5.41. The second kappa shape index (κ2) is 9.58. The molecule has 0 radical (unpaired) electrons. The Hall–Kier alpha value is -3.10. The molecule has 1 aliphatic heterocycles. The van der Waals surface area contributed by atoms with E-state index >= 15 is 0 Å². The molecule has 9 nitrogen and oxygen atoms in total. The Morgan fingerprint density at radius 1 is 1.19 bits per heavy atom. The van der Waals surface area contributed by atoms with Crippen molar-refractivity contribution >= 4 is 29.4 Å². The van der Waals surface area contributed by atoms with Gasteiger partial charge in [0.1, 0.15) is 11.6 Å². The molecule has 1 fully saturated rings. The van der Waals surface area contributed by atoms with E-state index < -0.39 is 41.4 Å². The quantitative estimate of drug-likeness (QED) is 0.450. The molecule has 0 saturated carbocycles. The fourth-order valence-electron chi connectivity index (χ4n) is 3.78. The molecule has 0 aliphatic carbocycles. The number of hydrogen-bond acceptors (Lipinski definition) is 6. The lowest BCUT2D eigenvalue weighted by Crippen LogP contribution is -2.53.